The van der Waals surface area contributed by atoms with Crippen LogP contribution in [0, 0.1) is 6.92 Å². The molecule has 180 valence electrons. The van der Waals surface area contributed by atoms with Gasteiger partial charge in [0.2, 0.25) is 0 Å². The highest BCUT2D eigenvalue weighted by molar-refractivity contribution is 7.86. The molecule has 3 aromatic carbocycles. The first kappa shape index (κ1) is 23.5. The van der Waals surface area contributed by atoms with Crippen molar-refractivity contribution in [2.45, 2.75) is 36.9 Å². The molecule has 0 bridgehead atoms. The first-order valence-electron chi connectivity index (χ1n) is 11.9. The van der Waals surface area contributed by atoms with Crippen LogP contribution in [-0.4, -0.2) is 24.5 Å². The van der Waals surface area contributed by atoms with Crippen LogP contribution < -0.4 is 0 Å². The molecule has 0 amide bonds. The van der Waals surface area contributed by atoms with Crippen molar-refractivity contribution in [3.05, 3.63) is 125 Å². The molecule has 6 heteroatoms. The van der Waals surface area contributed by atoms with Crippen molar-refractivity contribution < 1.29 is 12.6 Å². The van der Waals surface area contributed by atoms with Crippen LogP contribution in [-0.2, 0) is 34.4 Å². The SMILES string of the molecule is Cc1ccc(S(=O)(=O)OC[C@@H]2c3ccccc3CN(Cc3ccccc3)[C@H]2c2cccn2C)cc1. The fourth-order valence-corrected chi connectivity index (χ4v) is 5.98. The van der Waals surface area contributed by atoms with Gasteiger partial charge in [0.05, 0.1) is 17.5 Å². The van der Waals surface area contributed by atoms with Crippen molar-refractivity contribution in [1.82, 2.24) is 9.47 Å². The van der Waals surface area contributed by atoms with Gasteiger partial charge < -0.3 is 4.57 Å². The summed E-state index contributed by atoms with van der Waals surface area (Å²) in [5.41, 5.74) is 5.71. The molecule has 0 aliphatic carbocycles. The second-order valence-electron chi connectivity index (χ2n) is 9.24. The van der Waals surface area contributed by atoms with Crippen molar-refractivity contribution >= 4 is 10.1 Å². The van der Waals surface area contributed by atoms with Gasteiger partial charge in [-0.1, -0.05) is 72.3 Å². The number of benzene rings is 3. The second kappa shape index (κ2) is 9.82. The standard InChI is InChI=1S/C29H30N2O3S/c1-22-14-16-25(17-15-22)35(32,33)34-21-27-26-12-7-6-11-24(26)20-31(19-23-9-4-3-5-10-23)29(27)28-13-8-18-30(28)2/h3-18,27,29H,19-21H2,1-2H3/t27-,29-/m1/s1. The van der Waals surface area contributed by atoms with Crippen LogP contribution in [0.1, 0.15) is 39.9 Å². The summed E-state index contributed by atoms with van der Waals surface area (Å²) in [5, 5.41) is 0. The molecule has 0 fully saturated rings. The zero-order valence-corrected chi connectivity index (χ0v) is 20.9. The van der Waals surface area contributed by atoms with Crippen molar-refractivity contribution in [3.63, 3.8) is 0 Å². The molecule has 35 heavy (non-hydrogen) atoms. The molecule has 1 aromatic heterocycles. The van der Waals surface area contributed by atoms with Crippen molar-refractivity contribution in [2.24, 2.45) is 7.05 Å². The topological polar surface area (TPSA) is 51.5 Å². The fraction of sp³-hybridized carbons (Fsp3) is 0.241. The Morgan fingerprint density at radius 1 is 0.886 bits per heavy atom. The van der Waals surface area contributed by atoms with Crippen LogP contribution in [0.25, 0.3) is 0 Å². The summed E-state index contributed by atoms with van der Waals surface area (Å²) in [6, 6.07) is 29.6. The molecule has 0 unspecified atom stereocenters. The predicted molar refractivity (Wildman–Crippen MR) is 137 cm³/mol. The van der Waals surface area contributed by atoms with Gasteiger partial charge in [0, 0.05) is 37.9 Å². The van der Waals surface area contributed by atoms with Crippen LogP contribution >= 0.6 is 0 Å². The number of hydrogen-bond acceptors (Lipinski definition) is 4. The normalized spacial score (nSPS) is 18.3. The third-order valence-corrected chi connectivity index (χ3v) is 8.13. The summed E-state index contributed by atoms with van der Waals surface area (Å²) < 4.78 is 34.1. The highest BCUT2D eigenvalue weighted by Crippen LogP contribution is 2.44. The van der Waals surface area contributed by atoms with Gasteiger partial charge in [-0.25, -0.2) is 0 Å². The molecule has 4 aromatic rings. The zero-order valence-electron chi connectivity index (χ0n) is 20.0. The Morgan fingerprint density at radius 2 is 1.60 bits per heavy atom. The van der Waals surface area contributed by atoms with Gasteiger partial charge in [-0.3, -0.25) is 9.08 Å². The van der Waals surface area contributed by atoms with Gasteiger partial charge in [0.1, 0.15) is 0 Å². The summed E-state index contributed by atoms with van der Waals surface area (Å²) in [5.74, 6) is -0.155. The van der Waals surface area contributed by atoms with Gasteiger partial charge in [0.15, 0.2) is 0 Å². The molecule has 1 aliphatic rings. The smallest absolute Gasteiger partial charge is 0.296 e. The van der Waals surface area contributed by atoms with Crippen molar-refractivity contribution in [1.29, 1.82) is 0 Å². The number of rotatable bonds is 7. The lowest BCUT2D eigenvalue weighted by atomic mass is 9.82. The minimum Gasteiger partial charge on any atom is -0.353 e. The van der Waals surface area contributed by atoms with E-state index in [1.807, 2.05) is 44.4 Å². The highest BCUT2D eigenvalue weighted by atomic mass is 32.2. The summed E-state index contributed by atoms with van der Waals surface area (Å²) in [6.07, 6.45) is 2.04. The molecule has 5 rings (SSSR count). The number of nitrogens with zero attached hydrogens (tertiary/aromatic N) is 2. The quantitative estimate of drug-likeness (QED) is 0.320. The first-order valence-corrected chi connectivity index (χ1v) is 13.3. The molecule has 5 nitrogen and oxygen atoms in total. The molecular weight excluding hydrogens is 456 g/mol. The summed E-state index contributed by atoms with van der Waals surface area (Å²) in [4.78, 5) is 2.61. The average molecular weight is 487 g/mol. The monoisotopic (exact) mass is 486 g/mol. The average Bonchev–Trinajstić information content (AvgIpc) is 3.28. The number of aryl methyl sites for hydroxylation is 2. The third kappa shape index (κ3) is 4.96. The summed E-state index contributed by atoms with van der Waals surface area (Å²) in [7, 11) is -1.84. The Hall–Kier alpha value is -3.19. The van der Waals surface area contributed by atoms with Gasteiger partial charge >= 0.3 is 0 Å². The molecule has 2 heterocycles. The van der Waals surface area contributed by atoms with E-state index in [1.54, 1.807) is 24.3 Å². The maximum absolute atomic E-state index is 13.1. The van der Waals surface area contributed by atoms with E-state index < -0.39 is 10.1 Å². The first-order chi connectivity index (χ1) is 16.9. The van der Waals surface area contributed by atoms with E-state index in [9.17, 15) is 8.42 Å². The highest BCUT2D eigenvalue weighted by Gasteiger charge is 2.38. The lowest BCUT2D eigenvalue weighted by Crippen LogP contribution is -2.39. The Labute approximate surface area is 207 Å². The third-order valence-electron chi connectivity index (χ3n) is 6.83. The molecular formula is C29H30N2O3S. The molecule has 0 saturated carbocycles. The largest absolute Gasteiger partial charge is 0.353 e. The molecule has 0 saturated heterocycles. The molecule has 0 N–H and O–H groups in total. The van der Waals surface area contributed by atoms with Crippen LogP contribution in [0.2, 0.25) is 0 Å². The molecule has 0 radical (unpaired) electrons. The Kier molecular flexibility index (Phi) is 6.60. The van der Waals surface area contributed by atoms with Crippen LogP contribution in [0.5, 0.6) is 0 Å². The van der Waals surface area contributed by atoms with E-state index >= 15 is 0 Å². The van der Waals surface area contributed by atoms with Crippen LogP contribution in [0.15, 0.2) is 102 Å². The second-order valence-corrected chi connectivity index (χ2v) is 10.9. The molecule has 2 atom stereocenters. The number of aromatic nitrogens is 1. The molecule has 0 spiro atoms. The molecule has 1 aliphatic heterocycles. The Bertz CT molecular complexity index is 1400. The van der Waals surface area contributed by atoms with Gasteiger partial charge in [0.25, 0.3) is 10.1 Å². The van der Waals surface area contributed by atoms with Gasteiger partial charge in [-0.15, -0.1) is 0 Å². The van der Waals surface area contributed by atoms with E-state index in [4.69, 9.17) is 4.18 Å². The Morgan fingerprint density at radius 3 is 2.31 bits per heavy atom. The van der Waals surface area contributed by atoms with Crippen molar-refractivity contribution in [2.75, 3.05) is 6.61 Å². The zero-order chi connectivity index (χ0) is 24.4. The van der Waals surface area contributed by atoms with Crippen molar-refractivity contribution in [3.8, 4) is 0 Å². The van der Waals surface area contributed by atoms with E-state index in [1.165, 1.54) is 11.1 Å². The minimum absolute atomic E-state index is 0.0432. The van der Waals surface area contributed by atoms with Gasteiger partial charge in [-0.05, 0) is 47.9 Å². The van der Waals surface area contributed by atoms with E-state index in [2.05, 4.69) is 51.9 Å². The lowest BCUT2D eigenvalue weighted by molar-refractivity contribution is 0.106. The number of hydrogen-bond donors (Lipinski definition) is 0. The predicted octanol–water partition coefficient (Wildman–Crippen LogP) is 5.58. The summed E-state index contributed by atoms with van der Waals surface area (Å²) >= 11 is 0. The summed E-state index contributed by atoms with van der Waals surface area (Å²) in [6.45, 7) is 3.53. The van der Waals surface area contributed by atoms with Crippen LogP contribution in [0.4, 0.5) is 0 Å². The lowest BCUT2D eigenvalue weighted by Gasteiger charge is -2.42. The van der Waals surface area contributed by atoms with E-state index in [-0.39, 0.29) is 23.5 Å². The van der Waals surface area contributed by atoms with Crippen LogP contribution in [0.3, 0.4) is 0 Å². The maximum Gasteiger partial charge on any atom is 0.296 e. The minimum atomic E-state index is -3.88. The van der Waals surface area contributed by atoms with E-state index in [0.29, 0.717) is 0 Å². The number of fused-ring (bicyclic) bond motifs is 1. The van der Waals surface area contributed by atoms with Gasteiger partial charge in [-0.2, -0.15) is 8.42 Å². The fourth-order valence-electron chi connectivity index (χ4n) is 5.05. The van der Waals surface area contributed by atoms with E-state index in [0.717, 1.165) is 29.9 Å². The maximum atomic E-state index is 13.1. The Balaban J connectivity index is 1.53.